The number of carbonyl (C=O) groups excluding carboxylic acids is 2. The molecular formula is C20H23N3O4. The van der Waals surface area contributed by atoms with Gasteiger partial charge in [-0.25, -0.2) is 0 Å². The summed E-state index contributed by atoms with van der Waals surface area (Å²) in [5.41, 5.74) is 0.550. The molecule has 0 aliphatic carbocycles. The molecule has 7 nitrogen and oxygen atoms in total. The van der Waals surface area contributed by atoms with E-state index in [0.29, 0.717) is 37.4 Å². The molecule has 27 heavy (non-hydrogen) atoms. The lowest BCUT2D eigenvalue weighted by atomic mass is 10.1. The molecule has 7 heteroatoms. The Hall–Kier alpha value is -2.93. The number of amides is 2. The first-order valence-electron chi connectivity index (χ1n) is 8.88. The van der Waals surface area contributed by atoms with Gasteiger partial charge in [0.15, 0.2) is 0 Å². The van der Waals surface area contributed by atoms with Crippen LogP contribution >= 0.6 is 0 Å². The zero-order chi connectivity index (χ0) is 19.1. The number of methoxy groups -OCH3 is 1. The van der Waals surface area contributed by atoms with E-state index in [1.807, 2.05) is 12.1 Å². The van der Waals surface area contributed by atoms with Gasteiger partial charge in [0.25, 0.3) is 5.91 Å². The summed E-state index contributed by atoms with van der Waals surface area (Å²) in [5, 5.41) is 2.82. The van der Waals surface area contributed by atoms with Crippen molar-refractivity contribution in [1.29, 1.82) is 0 Å². The van der Waals surface area contributed by atoms with Gasteiger partial charge in [-0.15, -0.1) is 0 Å². The number of aromatic nitrogens is 1. The fraction of sp³-hybridized carbons (Fsp3) is 0.350. The van der Waals surface area contributed by atoms with Crippen LogP contribution in [0.3, 0.4) is 0 Å². The highest BCUT2D eigenvalue weighted by Gasteiger charge is 2.40. The highest BCUT2D eigenvalue weighted by molar-refractivity contribution is 5.98. The summed E-state index contributed by atoms with van der Waals surface area (Å²) < 4.78 is 10.9. The van der Waals surface area contributed by atoms with E-state index in [2.05, 4.69) is 10.3 Å². The van der Waals surface area contributed by atoms with Gasteiger partial charge in [-0.05, 0) is 24.3 Å². The summed E-state index contributed by atoms with van der Waals surface area (Å²) in [5.74, 6) is 0.239. The van der Waals surface area contributed by atoms with E-state index in [0.717, 1.165) is 0 Å². The Morgan fingerprint density at radius 2 is 2.04 bits per heavy atom. The van der Waals surface area contributed by atoms with E-state index in [9.17, 15) is 9.59 Å². The van der Waals surface area contributed by atoms with Crippen LogP contribution in [0.2, 0.25) is 0 Å². The second-order valence-corrected chi connectivity index (χ2v) is 6.29. The van der Waals surface area contributed by atoms with Gasteiger partial charge in [-0.3, -0.25) is 14.6 Å². The third-order valence-electron chi connectivity index (χ3n) is 4.39. The summed E-state index contributed by atoms with van der Waals surface area (Å²) in [4.78, 5) is 31.2. The second-order valence-electron chi connectivity index (χ2n) is 6.29. The van der Waals surface area contributed by atoms with Crippen LogP contribution in [0, 0.1) is 0 Å². The average Bonchev–Trinajstić information content (AvgIpc) is 3.13. The molecule has 0 spiro atoms. The van der Waals surface area contributed by atoms with Crippen LogP contribution in [0.1, 0.15) is 16.8 Å². The van der Waals surface area contributed by atoms with Crippen molar-refractivity contribution in [1.82, 2.24) is 15.2 Å². The van der Waals surface area contributed by atoms with Crippen molar-refractivity contribution in [3.63, 3.8) is 0 Å². The molecule has 0 radical (unpaired) electrons. The summed E-state index contributed by atoms with van der Waals surface area (Å²) in [6.45, 7) is 1.15. The molecule has 0 unspecified atom stereocenters. The van der Waals surface area contributed by atoms with Gasteiger partial charge in [0.1, 0.15) is 17.9 Å². The molecule has 2 aromatic rings. The predicted octanol–water partition coefficient (Wildman–Crippen LogP) is 1.51. The lowest BCUT2D eigenvalue weighted by molar-refractivity contribution is -0.125. The first-order valence-corrected chi connectivity index (χ1v) is 8.88. The number of nitrogens with zero attached hydrogens (tertiary/aromatic N) is 2. The third-order valence-corrected chi connectivity index (χ3v) is 4.39. The highest BCUT2D eigenvalue weighted by Crippen LogP contribution is 2.24. The minimum atomic E-state index is -0.587. The zero-order valence-corrected chi connectivity index (χ0v) is 15.2. The van der Waals surface area contributed by atoms with E-state index in [1.165, 1.54) is 0 Å². The zero-order valence-electron chi connectivity index (χ0n) is 15.2. The van der Waals surface area contributed by atoms with Crippen LogP contribution in [0.15, 0.2) is 54.9 Å². The van der Waals surface area contributed by atoms with Crippen molar-refractivity contribution in [2.24, 2.45) is 0 Å². The maximum Gasteiger partial charge on any atom is 0.254 e. The molecule has 0 bridgehead atoms. The van der Waals surface area contributed by atoms with Crippen molar-refractivity contribution in [3.8, 4) is 5.75 Å². The molecule has 1 aliphatic heterocycles. The molecule has 0 saturated carbocycles. The number of carbonyl (C=O) groups is 2. The van der Waals surface area contributed by atoms with Crippen LogP contribution < -0.4 is 10.1 Å². The SMILES string of the molecule is COCCNC(=O)[C@H]1C[C@H](Oc2cccnc2)CN1C(=O)c1ccccc1. The quantitative estimate of drug-likeness (QED) is 0.748. The minimum Gasteiger partial charge on any atom is -0.487 e. The molecule has 2 amide bonds. The Labute approximate surface area is 158 Å². The van der Waals surface area contributed by atoms with Crippen molar-refractivity contribution in [2.75, 3.05) is 26.8 Å². The normalized spacial score (nSPS) is 18.9. The summed E-state index contributed by atoms with van der Waals surface area (Å²) in [6.07, 6.45) is 3.43. The van der Waals surface area contributed by atoms with Crippen LogP contribution in [-0.2, 0) is 9.53 Å². The smallest absolute Gasteiger partial charge is 0.254 e. The molecule has 1 N–H and O–H groups in total. The maximum absolute atomic E-state index is 12.9. The second kappa shape index (κ2) is 9.14. The Bertz CT molecular complexity index is 754. The van der Waals surface area contributed by atoms with Crippen molar-refractivity contribution in [2.45, 2.75) is 18.6 Å². The van der Waals surface area contributed by atoms with Gasteiger partial charge >= 0.3 is 0 Å². The Balaban J connectivity index is 1.74. The number of pyridine rings is 1. The first kappa shape index (κ1) is 18.8. The van der Waals surface area contributed by atoms with Gasteiger partial charge in [0, 0.05) is 31.8 Å². The molecule has 142 valence electrons. The minimum absolute atomic E-state index is 0.181. The van der Waals surface area contributed by atoms with Gasteiger partial charge < -0.3 is 19.7 Å². The summed E-state index contributed by atoms with van der Waals surface area (Å²) in [6, 6.07) is 12.0. The van der Waals surface area contributed by atoms with Crippen molar-refractivity contribution in [3.05, 3.63) is 60.4 Å². The number of hydrogen-bond donors (Lipinski definition) is 1. The standard InChI is InChI=1S/C20H23N3O4/c1-26-11-10-22-19(24)18-12-17(27-16-8-5-9-21-13-16)14-23(18)20(25)15-6-3-2-4-7-15/h2-9,13,17-18H,10-12,14H2,1H3,(H,22,24)/t17-,18+/m0/s1. The molecule has 2 heterocycles. The highest BCUT2D eigenvalue weighted by atomic mass is 16.5. The third kappa shape index (κ3) is 4.83. The molecule has 1 fully saturated rings. The number of likely N-dealkylation sites (tertiary alicyclic amines) is 1. The maximum atomic E-state index is 12.9. The number of nitrogens with one attached hydrogen (secondary N) is 1. The van der Waals surface area contributed by atoms with Gasteiger partial charge in [0.05, 0.1) is 19.3 Å². The lowest BCUT2D eigenvalue weighted by Crippen LogP contribution is -2.46. The van der Waals surface area contributed by atoms with E-state index in [-0.39, 0.29) is 17.9 Å². The van der Waals surface area contributed by atoms with Crippen molar-refractivity contribution >= 4 is 11.8 Å². The fourth-order valence-electron chi connectivity index (χ4n) is 3.11. The molecule has 3 rings (SSSR count). The Morgan fingerprint density at radius 1 is 1.22 bits per heavy atom. The van der Waals surface area contributed by atoms with E-state index < -0.39 is 6.04 Å². The molecule has 2 atom stereocenters. The van der Waals surface area contributed by atoms with Gasteiger partial charge in [0.2, 0.25) is 5.91 Å². The largest absolute Gasteiger partial charge is 0.487 e. The Morgan fingerprint density at radius 3 is 2.74 bits per heavy atom. The number of ether oxygens (including phenoxy) is 2. The predicted molar refractivity (Wildman–Crippen MR) is 99.4 cm³/mol. The van der Waals surface area contributed by atoms with E-state index in [4.69, 9.17) is 9.47 Å². The summed E-state index contributed by atoms with van der Waals surface area (Å²) in [7, 11) is 1.57. The van der Waals surface area contributed by atoms with Crippen LogP contribution in [0.5, 0.6) is 5.75 Å². The molecule has 1 aliphatic rings. The van der Waals surface area contributed by atoms with Crippen LogP contribution in [0.4, 0.5) is 0 Å². The average molecular weight is 369 g/mol. The fourth-order valence-corrected chi connectivity index (χ4v) is 3.11. The van der Waals surface area contributed by atoms with Crippen LogP contribution in [0.25, 0.3) is 0 Å². The van der Waals surface area contributed by atoms with Crippen molar-refractivity contribution < 1.29 is 19.1 Å². The first-order chi connectivity index (χ1) is 13.2. The number of hydrogen-bond acceptors (Lipinski definition) is 5. The lowest BCUT2D eigenvalue weighted by Gasteiger charge is -2.23. The molecule has 1 aromatic carbocycles. The topological polar surface area (TPSA) is 80.8 Å². The number of rotatable bonds is 7. The van der Waals surface area contributed by atoms with Gasteiger partial charge in [-0.2, -0.15) is 0 Å². The van der Waals surface area contributed by atoms with E-state index >= 15 is 0 Å². The summed E-state index contributed by atoms with van der Waals surface area (Å²) >= 11 is 0. The van der Waals surface area contributed by atoms with E-state index in [1.54, 1.807) is 54.7 Å². The van der Waals surface area contributed by atoms with Gasteiger partial charge in [-0.1, -0.05) is 18.2 Å². The Kier molecular flexibility index (Phi) is 6.38. The monoisotopic (exact) mass is 369 g/mol. The molecule has 1 saturated heterocycles. The van der Waals surface area contributed by atoms with Crippen LogP contribution in [-0.4, -0.2) is 60.7 Å². The molecular weight excluding hydrogens is 346 g/mol. The molecule has 1 aromatic heterocycles. The number of benzene rings is 1.